The molecule has 240 valence electrons. The van der Waals surface area contributed by atoms with Crippen molar-refractivity contribution < 1.29 is 21.1 Å². The Bertz CT molecular complexity index is 2310. The molecule has 0 bridgehead atoms. The van der Waals surface area contributed by atoms with E-state index in [1.807, 2.05) is 17.8 Å². The minimum Gasteiger partial charge on any atom is -0.385 e. The van der Waals surface area contributed by atoms with Gasteiger partial charge in [-0.3, -0.25) is 9.67 Å². The third-order valence-electron chi connectivity index (χ3n) is 9.79. The number of fused-ring (bicyclic) bond motifs is 4. The van der Waals surface area contributed by atoms with E-state index in [9.17, 15) is 0 Å². The number of nitrogens with zero attached hydrogens (tertiary/aromatic N) is 5. The first-order valence-electron chi connectivity index (χ1n) is 16.2. The molecule has 0 saturated carbocycles. The molecule has 8 rings (SSSR count). The summed E-state index contributed by atoms with van der Waals surface area (Å²) in [6.07, 6.45) is 4.15. The first-order chi connectivity index (χ1) is 22.6. The van der Waals surface area contributed by atoms with E-state index in [4.69, 9.17) is 15.1 Å². The van der Waals surface area contributed by atoms with Crippen LogP contribution in [0.4, 0.5) is 0 Å². The number of hydrogen-bond donors (Lipinski definition) is 0. The van der Waals surface area contributed by atoms with Crippen LogP contribution in [0, 0.1) is 39.8 Å². The standard InChI is InChI=1S/C42H37N5.Pt/c1-26-21-27(2)47(45-26)33-14-12-13-31(22-33)42(37-17-10-8-15-34(37)35-16-9-11-18-38(35)42)32-23-36(40-44-28(3)29(4)46(40)25-32)39-24-30(19-20-43-39)41(5,6)7;/h8-21,24-25H,1-7H3;/q-2;+2. The Kier molecular flexibility index (Phi) is 7.68. The number of aryl methyl sites for hydroxylation is 4. The van der Waals surface area contributed by atoms with Crippen molar-refractivity contribution in [1.82, 2.24) is 24.1 Å². The molecule has 5 nitrogen and oxygen atoms in total. The molecule has 1 aliphatic carbocycles. The Morgan fingerprint density at radius 2 is 1.44 bits per heavy atom. The molecule has 0 aliphatic heterocycles. The number of hydrogen-bond acceptors (Lipinski definition) is 3. The molecular formula is C42H37N5Pt. The van der Waals surface area contributed by atoms with Gasteiger partial charge in [0, 0.05) is 28.7 Å². The van der Waals surface area contributed by atoms with Crippen molar-refractivity contribution in [3.63, 3.8) is 0 Å². The minimum absolute atomic E-state index is 0. The molecule has 0 atom stereocenters. The van der Waals surface area contributed by atoms with E-state index in [0.717, 1.165) is 56.5 Å². The molecule has 4 aromatic heterocycles. The number of rotatable bonds is 4. The van der Waals surface area contributed by atoms with E-state index in [1.165, 1.54) is 27.8 Å². The molecule has 4 heterocycles. The van der Waals surface area contributed by atoms with Crippen molar-refractivity contribution in [1.29, 1.82) is 0 Å². The maximum absolute atomic E-state index is 5.07. The van der Waals surface area contributed by atoms with Crippen molar-refractivity contribution in [2.75, 3.05) is 0 Å². The summed E-state index contributed by atoms with van der Waals surface area (Å²) >= 11 is 0. The molecule has 3 aromatic carbocycles. The predicted molar refractivity (Wildman–Crippen MR) is 188 cm³/mol. The van der Waals surface area contributed by atoms with Crippen LogP contribution in [0.2, 0.25) is 0 Å². The molecular weight excluding hydrogens is 770 g/mol. The summed E-state index contributed by atoms with van der Waals surface area (Å²) in [6.45, 7) is 15.0. The number of pyridine rings is 2. The molecule has 0 amide bonds. The summed E-state index contributed by atoms with van der Waals surface area (Å²) in [4.78, 5) is 10.00. The molecule has 0 N–H and O–H groups in total. The smallest absolute Gasteiger partial charge is 0.385 e. The van der Waals surface area contributed by atoms with Crippen LogP contribution in [-0.2, 0) is 31.9 Å². The average molecular weight is 807 g/mol. The minimum atomic E-state index is -0.714. The molecule has 6 heteroatoms. The summed E-state index contributed by atoms with van der Waals surface area (Å²) in [7, 11) is 0. The third-order valence-corrected chi connectivity index (χ3v) is 9.79. The van der Waals surface area contributed by atoms with Crippen molar-refractivity contribution >= 4 is 5.65 Å². The Morgan fingerprint density at radius 1 is 0.750 bits per heavy atom. The van der Waals surface area contributed by atoms with Crippen LogP contribution < -0.4 is 0 Å². The molecule has 0 radical (unpaired) electrons. The van der Waals surface area contributed by atoms with Gasteiger partial charge >= 0.3 is 21.1 Å². The van der Waals surface area contributed by atoms with Gasteiger partial charge in [-0.1, -0.05) is 92.7 Å². The van der Waals surface area contributed by atoms with E-state index in [-0.39, 0.29) is 26.5 Å². The second-order valence-electron chi connectivity index (χ2n) is 13.8. The summed E-state index contributed by atoms with van der Waals surface area (Å²) in [5, 5.41) is 4.83. The summed E-state index contributed by atoms with van der Waals surface area (Å²) < 4.78 is 4.22. The van der Waals surface area contributed by atoms with Gasteiger partial charge in [-0.05, 0) is 84.4 Å². The summed E-state index contributed by atoms with van der Waals surface area (Å²) in [5.74, 6) is 0. The fraction of sp³-hybridized carbons (Fsp3) is 0.214. The van der Waals surface area contributed by atoms with E-state index < -0.39 is 5.41 Å². The first kappa shape index (κ1) is 32.0. The zero-order valence-electron chi connectivity index (χ0n) is 28.3. The topological polar surface area (TPSA) is 48.0 Å². The summed E-state index contributed by atoms with van der Waals surface area (Å²) in [5.41, 5.74) is 15.0. The second-order valence-corrected chi connectivity index (χ2v) is 13.8. The van der Waals surface area contributed by atoms with E-state index in [0.29, 0.717) is 0 Å². The summed E-state index contributed by atoms with van der Waals surface area (Å²) in [6, 6.07) is 38.2. The van der Waals surface area contributed by atoms with Crippen LogP contribution in [0.5, 0.6) is 0 Å². The fourth-order valence-electron chi connectivity index (χ4n) is 7.35. The van der Waals surface area contributed by atoms with Crippen molar-refractivity contribution in [2.24, 2.45) is 0 Å². The second kappa shape index (κ2) is 11.5. The molecule has 0 fully saturated rings. The van der Waals surface area contributed by atoms with Crippen molar-refractivity contribution in [3.8, 4) is 28.1 Å². The van der Waals surface area contributed by atoms with Crippen molar-refractivity contribution in [2.45, 2.75) is 59.3 Å². The Morgan fingerprint density at radius 3 is 2.08 bits per heavy atom. The van der Waals surface area contributed by atoms with Gasteiger partial charge in [-0.2, -0.15) is 23.3 Å². The van der Waals surface area contributed by atoms with E-state index in [2.05, 4.69) is 149 Å². The SMILES string of the molecule is Cc1cc(C)n(-c2[c-]c(C3(c4[c-]c(-c5cc(C(C)(C)C)ccn5)c5nc(C)c(C)n5c4)c4ccccc4-c4ccccc43)ccc2)n1.[Pt+2]. The number of aromatic nitrogens is 5. The first-order valence-corrected chi connectivity index (χ1v) is 16.2. The Labute approximate surface area is 297 Å². The van der Waals surface area contributed by atoms with Crippen molar-refractivity contribution in [3.05, 3.63) is 160 Å². The Hall–Kier alpha value is -4.60. The molecule has 1 aliphatic rings. The fourth-order valence-corrected chi connectivity index (χ4v) is 7.35. The molecule has 0 unspecified atom stereocenters. The molecule has 0 spiro atoms. The maximum atomic E-state index is 5.07. The normalized spacial score (nSPS) is 13.3. The van der Waals surface area contributed by atoms with Crippen LogP contribution in [0.3, 0.4) is 0 Å². The third kappa shape index (κ3) is 4.74. The van der Waals surface area contributed by atoms with Crippen LogP contribution >= 0.6 is 0 Å². The zero-order valence-corrected chi connectivity index (χ0v) is 30.6. The largest absolute Gasteiger partial charge is 2.00 e. The molecule has 48 heavy (non-hydrogen) atoms. The van der Waals surface area contributed by atoms with Gasteiger partial charge in [-0.25, -0.2) is 0 Å². The number of imidazole rings is 1. The Balaban J connectivity index is 0.00000364. The van der Waals surface area contributed by atoms with Gasteiger partial charge in [0.25, 0.3) is 0 Å². The van der Waals surface area contributed by atoms with Gasteiger partial charge in [-0.15, -0.1) is 17.7 Å². The van der Waals surface area contributed by atoms with Gasteiger partial charge in [0.05, 0.1) is 11.3 Å². The zero-order chi connectivity index (χ0) is 32.7. The van der Waals surface area contributed by atoms with Gasteiger partial charge in [0.15, 0.2) is 0 Å². The van der Waals surface area contributed by atoms with Gasteiger partial charge in [0.2, 0.25) is 0 Å². The van der Waals surface area contributed by atoms with Crippen LogP contribution in [-0.4, -0.2) is 24.1 Å². The van der Waals surface area contributed by atoms with E-state index in [1.54, 1.807) is 0 Å². The monoisotopic (exact) mass is 806 g/mol. The quantitative estimate of drug-likeness (QED) is 0.167. The van der Waals surface area contributed by atoms with Gasteiger partial charge < -0.3 is 9.38 Å². The number of benzene rings is 3. The maximum Gasteiger partial charge on any atom is 2.00 e. The van der Waals surface area contributed by atoms with Crippen LogP contribution in [0.1, 0.15) is 71.4 Å². The van der Waals surface area contributed by atoms with E-state index >= 15 is 0 Å². The average Bonchev–Trinajstić information content (AvgIpc) is 3.68. The predicted octanol–water partition coefficient (Wildman–Crippen LogP) is 9.07. The molecule has 7 aromatic rings. The van der Waals surface area contributed by atoms with Gasteiger partial charge in [0.1, 0.15) is 0 Å². The van der Waals surface area contributed by atoms with Crippen LogP contribution in [0.25, 0.3) is 33.7 Å². The molecule has 0 saturated heterocycles. The van der Waals surface area contributed by atoms with Crippen LogP contribution in [0.15, 0.2) is 97.3 Å².